The van der Waals surface area contributed by atoms with Crippen molar-refractivity contribution in [2.45, 2.75) is 64.7 Å². The lowest BCUT2D eigenvalue weighted by atomic mass is 9.98. The standard InChI is InChI=1S/C16H27NO2/c1-5-6-7-14(18)15(17)12-8-10-13(11-9-12)19-16(2,3)4/h8-11,14-15,18H,5-7,17H2,1-4H3/t14-,15+/m1/s1. The van der Waals surface area contributed by atoms with E-state index in [0.717, 1.165) is 30.6 Å². The van der Waals surface area contributed by atoms with Crippen molar-refractivity contribution < 1.29 is 9.84 Å². The predicted octanol–water partition coefficient (Wildman–Crippen LogP) is 3.41. The van der Waals surface area contributed by atoms with E-state index in [1.54, 1.807) is 0 Å². The molecule has 0 spiro atoms. The molecule has 0 aliphatic rings. The van der Waals surface area contributed by atoms with E-state index in [9.17, 15) is 5.11 Å². The molecule has 1 aromatic carbocycles. The predicted molar refractivity (Wildman–Crippen MR) is 79.3 cm³/mol. The largest absolute Gasteiger partial charge is 0.488 e. The third kappa shape index (κ3) is 5.62. The summed E-state index contributed by atoms with van der Waals surface area (Å²) in [6, 6.07) is 7.36. The van der Waals surface area contributed by atoms with Crippen LogP contribution < -0.4 is 10.5 Å². The second-order valence-electron chi connectivity index (χ2n) is 6.02. The van der Waals surface area contributed by atoms with Crippen LogP contribution in [0.25, 0.3) is 0 Å². The average Bonchev–Trinajstić information content (AvgIpc) is 2.34. The Morgan fingerprint density at radius 3 is 2.26 bits per heavy atom. The van der Waals surface area contributed by atoms with Crippen molar-refractivity contribution in [3.8, 4) is 5.75 Å². The third-order valence-corrected chi connectivity index (χ3v) is 2.96. The van der Waals surface area contributed by atoms with Gasteiger partial charge in [-0.1, -0.05) is 31.9 Å². The molecule has 0 bridgehead atoms. The van der Waals surface area contributed by atoms with Gasteiger partial charge < -0.3 is 15.6 Å². The van der Waals surface area contributed by atoms with Crippen LogP contribution in [0.3, 0.4) is 0 Å². The molecule has 0 radical (unpaired) electrons. The first-order chi connectivity index (χ1) is 8.83. The summed E-state index contributed by atoms with van der Waals surface area (Å²) in [6.45, 7) is 8.15. The number of hydrogen-bond acceptors (Lipinski definition) is 3. The van der Waals surface area contributed by atoms with Crippen molar-refractivity contribution in [3.63, 3.8) is 0 Å². The Bertz CT molecular complexity index is 367. The monoisotopic (exact) mass is 265 g/mol. The molecule has 1 aromatic rings. The fourth-order valence-electron chi connectivity index (χ4n) is 1.93. The normalized spacial score (nSPS) is 15.1. The van der Waals surface area contributed by atoms with Gasteiger partial charge in [-0.2, -0.15) is 0 Å². The van der Waals surface area contributed by atoms with Crippen LogP contribution in [-0.2, 0) is 0 Å². The number of nitrogens with two attached hydrogens (primary N) is 1. The summed E-state index contributed by atoms with van der Waals surface area (Å²) in [5.74, 6) is 0.825. The average molecular weight is 265 g/mol. The second-order valence-corrected chi connectivity index (χ2v) is 6.02. The molecule has 0 amide bonds. The molecular formula is C16H27NO2. The van der Waals surface area contributed by atoms with Crippen molar-refractivity contribution in [1.29, 1.82) is 0 Å². The maximum absolute atomic E-state index is 10.0. The molecule has 0 aliphatic heterocycles. The van der Waals surface area contributed by atoms with Crippen LogP contribution in [-0.4, -0.2) is 16.8 Å². The zero-order valence-electron chi connectivity index (χ0n) is 12.5. The summed E-state index contributed by atoms with van der Waals surface area (Å²) in [5.41, 5.74) is 6.81. The molecule has 3 nitrogen and oxygen atoms in total. The van der Waals surface area contributed by atoms with Gasteiger partial charge in [-0.15, -0.1) is 0 Å². The number of unbranched alkanes of at least 4 members (excludes halogenated alkanes) is 1. The van der Waals surface area contributed by atoms with Gasteiger partial charge in [0, 0.05) is 0 Å². The molecule has 0 unspecified atom stereocenters. The molecule has 0 aliphatic carbocycles. The summed E-state index contributed by atoms with van der Waals surface area (Å²) in [6.07, 6.45) is 2.34. The van der Waals surface area contributed by atoms with Crippen LogP contribution in [0.4, 0.5) is 0 Å². The summed E-state index contributed by atoms with van der Waals surface area (Å²) < 4.78 is 5.76. The van der Waals surface area contributed by atoms with Gasteiger partial charge in [0.25, 0.3) is 0 Å². The Balaban J connectivity index is 2.65. The van der Waals surface area contributed by atoms with E-state index in [-0.39, 0.29) is 11.6 Å². The van der Waals surface area contributed by atoms with E-state index in [0.29, 0.717) is 0 Å². The summed E-state index contributed by atoms with van der Waals surface area (Å²) >= 11 is 0. The highest BCUT2D eigenvalue weighted by molar-refractivity contribution is 5.30. The van der Waals surface area contributed by atoms with Crippen LogP contribution in [0.15, 0.2) is 24.3 Å². The minimum Gasteiger partial charge on any atom is -0.488 e. The highest BCUT2D eigenvalue weighted by atomic mass is 16.5. The Morgan fingerprint density at radius 2 is 1.79 bits per heavy atom. The Kier molecular flexibility index (Phi) is 5.83. The quantitative estimate of drug-likeness (QED) is 0.828. The number of rotatable bonds is 6. The summed E-state index contributed by atoms with van der Waals surface area (Å²) in [7, 11) is 0. The Morgan fingerprint density at radius 1 is 1.21 bits per heavy atom. The van der Waals surface area contributed by atoms with Crippen LogP contribution in [0.1, 0.15) is 58.6 Å². The molecule has 0 fully saturated rings. The SMILES string of the molecule is CCCC[C@@H](O)[C@@H](N)c1ccc(OC(C)(C)C)cc1. The van der Waals surface area contributed by atoms with Gasteiger partial charge in [0.1, 0.15) is 11.4 Å². The number of benzene rings is 1. The topological polar surface area (TPSA) is 55.5 Å². The van der Waals surface area contributed by atoms with Gasteiger partial charge in [-0.25, -0.2) is 0 Å². The first-order valence-electron chi connectivity index (χ1n) is 7.06. The summed E-state index contributed by atoms with van der Waals surface area (Å²) in [5, 5.41) is 10.0. The van der Waals surface area contributed by atoms with Crippen LogP contribution in [0.5, 0.6) is 5.75 Å². The van der Waals surface area contributed by atoms with E-state index in [1.807, 2.05) is 45.0 Å². The molecule has 3 N–H and O–H groups in total. The smallest absolute Gasteiger partial charge is 0.120 e. The Labute approximate surface area is 116 Å². The fourth-order valence-corrected chi connectivity index (χ4v) is 1.93. The van der Waals surface area contributed by atoms with E-state index in [2.05, 4.69) is 6.92 Å². The van der Waals surface area contributed by atoms with Gasteiger partial charge >= 0.3 is 0 Å². The number of aliphatic hydroxyl groups is 1. The van der Waals surface area contributed by atoms with Gasteiger partial charge in [-0.05, 0) is 44.9 Å². The minimum absolute atomic E-state index is 0.204. The molecular weight excluding hydrogens is 238 g/mol. The van der Waals surface area contributed by atoms with Crippen molar-refractivity contribution in [3.05, 3.63) is 29.8 Å². The van der Waals surface area contributed by atoms with E-state index >= 15 is 0 Å². The highest BCUT2D eigenvalue weighted by Crippen LogP contribution is 2.23. The maximum Gasteiger partial charge on any atom is 0.120 e. The highest BCUT2D eigenvalue weighted by Gasteiger charge is 2.17. The fraction of sp³-hybridized carbons (Fsp3) is 0.625. The first kappa shape index (κ1) is 16.0. The molecule has 0 aromatic heterocycles. The van der Waals surface area contributed by atoms with Crippen molar-refractivity contribution in [2.75, 3.05) is 0 Å². The van der Waals surface area contributed by atoms with Crippen molar-refractivity contribution in [2.24, 2.45) is 5.73 Å². The van der Waals surface area contributed by atoms with Gasteiger partial charge in [0.15, 0.2) is 0 Å². The number of ether oxygens (including phenoxy) is 1. The molecule has 19 heavy (non-hydrogen) atoms. The molecule has 1 rings (SSSR count). The lowest BCUT2D eigenvalue weighted by Crippen LogP contribution is -2.26. The molecule has 0 saturated carbocycles. The first-order valence-corrected chi connectivity index (χ1v) is 7.06. The zero-order chi connectivity index (χ0) is 14.5. The van der Waals surface area contributed by atoms with Crippen LogP contribution in [0.2, 0.25) is 0 Å². The van der Waals surface area contributed by atoms with E-state index in [4.69, 9.17) is 10.5 Å². The zero-order valence-corrected chi connectivity index (χ0v) is 12.5. The van der Waals surface area contributed by atoms with Gasteiger partial charge in [-0.3, -0.25) is 0 Å². The second kappa shape index (κ2) is 6.92. The third-order valence-electron chi connectivity index (χ3n) is 2.96. The maximum atomic E-state index is 10.0. The van der Waals surface area contributed by atoms with E-state index < -0.39 is 6.10 Å². The van der Waals surface area contributed by atoms with Gasteiger partial charge in [0.2, 0.25) is 0 Å². The minimum atomic E-state index is -0.477. The molecule has 2 atom stereocenters. The lowest BCUT2D eigenvalue weighted by Gasteiger charge is -2.22. The van der Waals surface area contributed by atoms with Crippen molar-refractivity contribution in [1.82, 2.24) is 0 Å². The molecule has 3 heteroatoms. The summed E-state index contributed by atoms with van der Waals surface area (Å²) in [4.78, 5) is 0. The number of aliphatic hydroxyl groups excluding tert-OH is 1. The lowest BCUT2D eigenvalue weighted by molar-refractivity contribution is 0.128. The van der Waals surface area contributed by atoms with Crippen molar-refractivity contribution >= 4 is 0 Å². The Hall–Kier alpha value is -1.06. The molecule has 108 valence electrons. The molecule has 0 heterocycles. The molecule has 0 saturated heterocycles. The van der Waals surface area contributed by atoms with E-state index in [1.165, 1.54) is 0 Å². The van der Waals surface area contributed by atoms with Crippen LogP contribution in [0, 0.1) is 0 Å². The van der Waals surface area contributed by atoms with Gasteiger partial charge in [0.05, 0.1) is 12.1 Å². The van der Waals surface area contributed by atoms with Crippen LogP contribution >= 0.6 is 0 Å². The number of hydrogen-bond donors (Lipinski definition) is 2.